The van der Waals surface area contributed by atoms with E-state index in [1.165, 1.54) is 0 Å². The highest BCUT2D eigenvalue weighted by atomic mass is 16.6. The standard InChI is InChI=1S/C10H19N3O3/c14-10(13-3-5-15-6-4-13)12-2-1-11-7-9-8-16-9/h9,11H,1-8H2,(H,12,14)/t9-/m0/s1. The van der Waals surface area contributed by atoms with Crippen molar-refractivity contribution in [2.45, 2.75) is 6.10 Å². The normalized spacial score (nSPS) is 24.2. The molecule has 2 N–H and O–H groups in total. The summed E-state index contributed by atoms with van der Waals surface area (Å²) in [7, 11) is 0. The zero-order valence-corrected chi connectivity index (χ0v) is 9.41. The quantitative estimate of drug-likeness (QED) is 0.469. The maximum absolute atomic E-state index is 11.6. The fourth-order valence-corrected chi connectivity index (χ4v) is 1.59. The maximum atomic E-state index is 11.6. The molecule has 0 unspecified atom stereocenters. The summed E-state index contributed by atoms with van der Waals surface area (Å²) in [6, 6.07) is 0.00720. The van der Waals surface area contributed by atoms with Crippen molar-refractivity contribution in [1.82, 2.24) is 15.5 Å². The number of carbonyl (C=O) groups excluding carboxylic acids is 1. The van der Waals surface area contributed by atoms with Crippen molar-refractivity contribution >= 4 is 6.03 Å². The number of nitrogens with one attached hydrogen (secondary N) is 2. The molecule has 92 valence electrons. The van der Waals surface area contributed by atoms with E-state index in [0.717, 1.165) is 19.7 Å². The Labute approximate surface area is 95.3 Å². The number of rotatable bonds is 5. The molecule has 0 bridgehead atoms. The molecule has 2 rings (SSSR count). The molecule has 0 aromatic carbocycles. The molecule has 2 heterocycles. The van der Waals surface area contributed by atoms with E-state index < -0.39 is 0 Å². The molecule has 0 aromatic rings. The number of urea groups is 1. The first-order valence-corrected chi connectivity index (χ1v) is 5.79. The highest BCUT2D eigenvalue weighted by Gasteiger charge is 2.21. The van der Waals surface area contributed by atoms with Crippen molar-refractivity contribution in [2.24, 2.45) is 0 Å². The average molecular weight is 229 g/mol. The lowest BCUT2D eigenvalue weighted by atomic mass is 10.4. The van der Waals surface area contributed by atoms with Crippen LogP contribution in [-0.2, 0) is 9.47 Å². The molecule has 16 heavy (non-hydrogen) atoms. The molecule has 2 saturated heterocycles. The van der Waals surface area contributed by atoms with Gasteiger partial charge in [0.15, 0.2) is 0 Å². The summed E-state index contributed by atoms with van der Waals surface area (Å²) >= 11 is 0. The third-order valence-electron chi connectivity index (χ3n) is 2.65. The molecule has 2 aliphatic heterocycles. The lowest BCUT2D eigenvalue weighted by Crippen LogP contribution is -2.47. The van der Waals surface area contributed by atoms with Gasteiger partial charge in [-0.25, -0.2) is 4.79 Å². The Morgan fingerprint density at radius 3 is 2.75 bits per heavy atom. The molecule has 0 radical (unpaired) electrons. The molecule has 2 aliphatic rings. The van der Waals surface area contributed by atoms with E-state index in [1.54, 1.807) is 4.90 Å². The maximum Gasteiger partial charge on any atom is 0.317 e. The Morgan fingerprint density at radius 2 is 2.06 bits per heavy atom. The van der Waals surface area contributed by atoms with E-state index in [2.05, 4.69) is 10.6 Å². The van der Waals surface area contributed by atoms with Crippen LogP contribution >= 0.6 is 0 Å². The van der Waals surface area contributed by atoms with Crippen LogP contribution in [0.15, 0.2) is 0 Å². The predicted octanol–water partition coefficient (Wildman–Crippen LogP) is -0.983. The molecule has 1 atom stereocenters. The summed E-state index contributed by atoms with van der Waals surface area (Å²) in [6.45, 7) is 5.86. The number of ether oxygens (including phenoxy) is 2. The SMILES string of the molecule is O=C(NCCNC[C@H]1CO1)N1CCOCC1. The smallest absolute Gasteiger partial charge is 0.317 e. The van der Waals surface area contributed by atoms with Crippen molar-refractivity contribution in [1.29, 1.82) is 0 Å². The summed E-state index contributed by atoms with van der Waals surface area (Å²) in [5.74, 6) is 0. The molecule has 2 fully saturated rings. The van der Waals surface area contributed by atoms with E-state index in [9.17, 15) is 4.79 Å². The Bertz CT molecular complexity index is 227. The second kappa shape index (κ2) is 6.03. The Morgan fingerprint density at radius 1 is 1.31 bits per heavy atom. The molecular weight excluding hydrogens is 210 g/mol. The molecule has 0 spiro atoms. The van der Waals surface area contributed by atoms with E-state index in [-0.39, 0.29) is 6.03 Å². The highest BCUT2D eigenvalue weighted by Crippen LogP contribution is 2.05. The second-order valence-electron chi connectivity index (χ2n) is 3.99. The van der Waals surface area contributed by atoms with Gasteiger partial charge < -0.3 is 25.0 Å². The summed E-state index contributed by atoms with van der Waals surface area (Å²) < 4.78 is 10.2. The second-order valence-corrected chi connectivity index (χ2v) is 3.99. The highest BCUT2D eigenvalue weighted by molar-refractivity contribution is 5.74. The number of nitrogens with zero attached hydrogens (tertiary/aromatic N) is 1. The Hall–Kier alpha value is -0.850. The van der Waals surface area contributed by atoms with E-state index >= 15 is 0 Å². The lowest BCUT2D eigenvalue weighted by molar-refractivity contribution is 0.0533. The molecule has 0 aromatic heterocycles. The Balaban J connectivity index is 1.48. The summed E-state index contributed by atoms with van der Waals surface area (Å²) in [5, 5.41) is 6.10. The van der Waals surface area contributed by atoms with Gasteiger partial charge in [0, 0.05) is 32.7 Å². The molecular formula is C10H19N3O3. The van der Waals surface area contributed by atoms with Crippen LogP contribution in [0.1, 0.15) is 0 Å². The van der Waals surface area contributed by atoms with Gasteiger partial charge in [-0.1, -0.05) is 0 Å². The van der Waals surface area contributed by atoms with Gasteiger partial charge in [0.05, 0.1) is 25.9 Å². The first-order valence-electron chi connectivity index (χ1n) is 5.79. The van der Waals surface area contributed by atoms with Gasteiger partial charge in [0.1, 0.15) is 0 Å². The predicted molar refractivity (Wildman–Crippen MR) is 58.4 cm³/mol. The topological polar surface area (TPSA) is 66.1 Å². The molecule has 2 amide bonds. The van der Waals surface area contributed by atoms with E-state index in [1.807, 2.05) is 0 Å². The van der Waals surface area contributed by atoms with Gasteiger partial charge in [-0.15, -0.1) is 0 Å². The van der Waals surface area contributed by atoms with Gasteiger partial charge in [-0.05, 0) is 0 Å². The van der Waals surface area contributed by atoms with Gasteiger partial charge in [-0.3, -0.25) is 0 Å². The number of amides is 2. The zero-order valence-electron chi connectivity index (χ0n) is 9.41. The van der Waals surface area contributed by atoms with Crippen LogP contribution in [0.25, 0.3) is 0 Å². The van der Waals surface area contributed by atoms with Crippen LogP contribution in [0.2, 0.25) is 0 Å². The van der Waals surface area contributed by atoms with Crippen molar-refractivity contribution < 1.29 is 14.3 Å². The van der Waals surface area contributed by atoms with Crippen molar-refractivity contribution in [3.8, 4) is 0 Å². The van der Waals surface area contributed by atoms with Crippen LogP contribution in [0.5, 0.6) is 0 Å². The molecule has 0 aliphatic carbocycles. The lowest BCUT2D eigenvalue weighted by Gasteiger charge is -2.26. The largest absolute Gasteiger partial charge is 0.378 e. The van der Waals surface area contributed by atoms with Gasteiger partial charge in [-0.2, -0.15) is 0 Å². The van der Waals surface area contributed by atoms with E-state index in [4.69, 9.17) is 9.47 Å². The monoisotopic (exact) mass is 229 g/mol. The Kier molecular flexibility index (Phi) is 4.38. The number of carbonyl (C=O) groups is 1. The van der Waals surface area contributed by atoms with E-state index in [0.29, 0.717) is 39.0 Å². The fourth-order valence-electron chi connectivity index (χ4n) is 1.59. The van der Waals surface area contributed by atoms with Crippen LogP contribution < -0.4 is 10.6 Å². The first kappa shape index (κ1) is 11.6. The number of epoxide rings is 1. The fraction of sp³-hybridized carbons (Fsp3) is 0.900. The summed E-state index contributed by atoms with van der Waals surface area (Å²) in [6.07, 6.45) is 0.398. The van der Waals surface area contributed by atoms with Gasteiger partial charge in [0.2, 0.25) is 0 Å². The third-order valence-corrected chi connectivity index (χ3v) is 2.65. The minimum Gasteiger partial charge on any atom is -0.378 e. The minimum atomic E-state index is 0.00720. The van der Waals surface area contributed by atoms with Crippen LogP contribution in [-0.4, -0.2) is 69.6 Å². The van der Waals surface area contributed by atoms with Crippen LogP contribution in [0.3, 0.4) is 0 Å². The zero-order chi connectivity index (χ0) is 11.2. The molecule has 6 heteroatoms. The van der Waals surface area contributed by atoms with Crippen molar-refractivity contribution in [3.63, 3.8) is 0 Å². The molecule has 0 saturated carbocycles. The summed E-state index contributed by atoms with van der Waals surface area (Å²) in [4.78, 5) is 13.4. The number of hydrogen-bond donors (Lipinski definition) is 2. The number of morpholine rings is 1. The minimum absolute atomic E-state index is 0.00720. The number of hydrogen-bond acceptors (Lipinski definition) is 4. The average Bonchev–Trinajstić information content (AvgIpc) is 3.13. The molecule has 6 nitrogen and oxygen atoms in total. The van der Waals surface area contributed by atoms with Crippen molar-refractivity contribution in [2.75, 3.05) is 52.5 Å². The third kappa shape index (κ3) is 3.96. The van der Waals surface area contributed by atoms with Crippen LogP contribution in [0, 0.1) is 0 Å². The van der Waals surface area contributed by atoms with Gasteiger partial charge >= 0.3 is 6.03 Å². The van der Waals surface area contributed by atoms with Gasteiger partial charge in [0.25, 0.3) is 0 Å². The summed E-state index contributed by atoms with van der Waals surface area (Å²) in [5.41, 5.74) is 0. The van der Waals surface area contributed by atoms with Crippen LogP contribution in [0.4, 0.5) is 4.79 Å². The van der Waals surface area contributed by atoms with Crippen molar-refractivity contribution in [3.05, 3.63) is 0 Å². The first-order chi connectivity index (χ1) is 7.86.